The van der Waals surface area contributed by atoms with Crippen LogP contribution in [0.15, 0.2) is 12.1 Å². The second kappa shape index (κ2) is 7.62. The van der Waals surface area contributed by atoms with Gasteiger partial charge < -0.3 is 14.3 Å². The Kier molecular flexibility index (Phi) is 6.65. The van der Waals surface area contributed by atoms with Crippen LogP contribution in [0.2, 0.25) is 13.1 Å². The van der Waals surface area contributed by atoms with Gasteiger partial charge in [-0.3, -0.25) is 0 Å². The van der Waals surface area contributed by atoms with Crippen LogP contribution in [0.25, 0.3) is 0 Å². The van der Waals surface area contributed by atoms with Gasteiger partial charge in [0, 0.05) is 11.1 Å². The van der Waals surface area contributed by atoms with Gasteiger partial charge in [0.15, 0.2) is 0 Å². The second-order valence-corrected chi connectivity index (χ2v) is 9.46. The highest BCUT2D eigenvalue weighted by molar-refractivity contribution is 6.48. The molecule has 1 aromatic carbocycles. The molecule has 0 amide bonds. The van der Waals surface area contributed by atoms with Gasteiger partial charge in [-0.2, -0.15) is 0 Å². The van der Waals surface area contributed by atoms with E-state index in [0.29, 0.717) is 6.61 Å². The molecule has 0 heterocycles. The van der Waals surface area contributed by atoms with Crippen LogP contribution in [0, 0.1) is 5.92 Å². The van der Waals surface area contributed by atoms with E-state index in [-0.39, 0.29) is 11.3 Å². The van der Waals surface area contributed by atoms with Crippen molar-refractivity contribution in [2.45, 2.75) is 65.8 Å². The number of aliphatic hydroxyl groups is 1. The van der Waals surface area contributed by atoms with E-state index in [1.54, 1.807) is 7.11 Å². The molecule has 1 aromatic rings. The molecule has 4 heteroatoms. The lowest BCUT2D eigenvalue weighted by atomic mass is 9.81. The van der Waals surface area contributed by atoms with Gasteiger partial charge in [-0.15, -0.1) is 0 Å². The Labute approximate surface area is 137 Å². The average Bonchev–Trinajstić information content (AvgIpc) is 2.41. The lowest BCUT2D eigenvalue weighted by molar-refractivity contribution is 0.123. The Morgan fingerprint density at radius 1 is 1.18 bits per heavy atom. The van der Waals surface area contributed by atoms with Crippen LogP contribution in [0.1, 0.15) is 57.4 Å². The van der Waals surface area contributed by atoms with Gasteiger partial charge in [0.2, 0.25) is 9.04 Å². The molecular formula is C18H31O3Si. The highest BCUT2D eigenvalue weighted by Gasteiger charge is 2.26. The Balaban J connectivity index is 3.44. The third kappa shape index (κ3) is 4.57. The van der Waals surface area contributed by atoms with Crippen LogP contribution in [-0.2, 0) is 16.4 Å². The Hall–Kier alpha value is -0.843. The van der Waals surface area contributed by atoms with Crippen molar-refractivity contribution in [1.29, 1.82) is 0 Å². The first-order chi connectivity index (χ1) is 10.1. The maximum Gasteiger partial charge on any atom is 0.205 e. The summed E-state index contributed by atoms with van der Waals surface area (Å²) in [5.74, 6) is 0.914. The van der Waals surface area contributed by atoms with Crippen molar-refractivity contribution >= 4 is 9.04 Å². The quantitative estimate of drug-likeness (QED) is 0.786. The van der Waals surface area contributed by atoms with E-state index in [4.69, 9.17) is 9.16 Å². The maximum absolute atomic E-state index is 10.5. The van der Waals surface area contributed by atoms with Crippen LogP contribution in [0.5, 0.6) is 5.75 Å². The highest BCUT2D eigenvalue weighted by atomic mass is 28.3. The Morgan fingerprint density at radius 3 is 2.18 bits per heavy atom. The molecule has 0 spiro atoms. The summed E-state index contributed by atoms with van der Waals surface area (Å²) in [6, 6.07) is 4.11. The predicted molar refractivity (Wildman–Crippen MR) is 93.8 cm³/mol. The molecule has 0 aromatic heterocycles. The summed E-state index contributed by atoms with van der Waals surface area (Å²) in [5, 5.41) is 10.5. The highest BCUT2D eigenvalue weighted by Crippen LogP contribution is 2.39. The number of ether oxygens (including phenoxy) is 1. The van der Waals surface area contributed by atoms with Crippen molar-refractivity contribution in [3.05, 3.63) is 28.8 Å². The minimum absolute atomic E-state index is 0.00166. The topological polar surface area (TPSA) is 38.7 Å². The molecule has 1 N–H and O–H groups in total. The molecule has 3 nitrogen and oxygen atoms in total. The standard InChI is InChI=1S/C18H31O3Si/c1-12(2)16(19)13-9-10-15(18(3,4)5)14(17(13)20-6)11-21-22(7)8/h9-10,12,16,19H,11H2,1-8H3. The SMILES string of the molecule is COc1c(C(O)C(C)C)ccc(C(C)(C)C)c1CO[Si](C)C. The maximum atomic E-state index is 10.5. The van der Waals surface area contributed by atoms with Gasteiger partial charge in [-0.1, -0.05) is 46.8 Å². The van der Waals surface area contributed by atoms with Crippen molar-refractivity contribution < 1.29 is 14.3 Å². The summed E-state index contributed by atoms with van der Waals surface area (Å²) in [6.45, 7) is 15.4. The molecule has 125 valence electrons. The molecule has 1 atom stereocenters. The average molecular weight is 324 g/mol. The number of rotatable bonds is 6. The fourth-order valence-corrected chi connectivity index (χ4v) is 2.97. The first-order valence-corrected chi connectivity index (χ1v) is 10.3. The van der Waals surface area contributed by atoms with Gasteiger partial charge in [0.05, 0.1) is 19.8 Å². The van der Waals surface area contributed by atoms with Crippen LogP contribution in [0.3, 0.4) is 0 Å². The molecule has 0 aliphatic rings. The molecule has 0 fully saturated rings. The molecule has 1 unspecified atom stereocenters. The van der Waals surface area contributed by atoms with E-state index in [0.717, 1.165) is 16.9 Å². The molecule has 0 saturated heterocycles. The van der Waals surface area contributed by atoms with Crippen molar-refractivity contribution in [2.75, 3.05) is 7.11 Å². The fourth-order valence-electron chi connectivity index (χ4n) is 2.54. The number of hydrogen-bond acceptors (Lipinski definition) is 3. The summed E-state index contributed by atoms with van der Waals surface area (Å²) in [4.78, 5) is 0. The van der Waals surface area contributed by atoms with Crippen molar-refractivity contribution in [3.8, 4) is 5.75 Å². The smallest absolute Gasteiger partial charge is 0.205 e. The molecular weight excluding hydrogens is 292 g/mol. The van der Waals surface area contributed by atoms with Crippen LogP contribution in [0.4, 0.5) is 0 Å². The minimum atomic E-state index is -0.785. The van der Waals surface area contributed by atoms with Crippen LogP contribution >= 0.6 is 0 Å². The van der Waals surface area contributed by atoms with Crippen LogP contribution < -0.4 is 4.74 Å². The van der Waals surface area contributed by atoms with E-state index < -0.39 is 15.1 Å². The van der Waals surface area contributed by atoms with Gasteiger partial charge >= 0.3 is 0 Å². The van der Waals surface area contributed by atoms with E-state index in [9.17, 15) is 5.11 Å². The van der Waals surface area contributed by atoms with Crippen LogP contribution in [-0.4, -0.2) is 21.3 Å². The molecule has 22 heavy (non-hydrogen) atoms. The number of benzene rings is 1. The number of hydrogen-bond donors (Lipinski definition) is 1. The largest absolute Gasteiger partial charge is 0.496 e. The predicted octanol–water partition coefficient (Wildman–Crippen LogP) is 4.45. The van der Waals surface area contributed by atoms with Gasteiger partial charge in [-0.25, -0.2) is 0 Å². The molecule has 0 bridgehead atoms. The van der Waals surface area contributed by atoms with Gasteiger partial charge in [0.25, 0.3) is 0 Å². The molecule has 0 aliphatic heterocycles. The zero-order valence-electron chi connectivity index (χ0n) is 15.3. The minimum Gasteiger partial charge on any atom is -0.496 e. The summed E-state index contributed by atoms with van der Waals surface area (Å²) < 4.78 is 11.6. The second-order valence-electron chi connectivity index (χ2n) is 7.35. The molecule has 1 radical (unpaired) electrons. The van der Waals surface area contributed by atoms with E-state index in [2.05, 4.69) is 39.9 Å². The van der Waals surface area contributed by atoms with E-state index in [1.807, 2.05) is 19.9 Å². The fraction of sp³-hybridized carbons (Fsp3) is 0.667. The van der Waals surface area contributed by atoms with E-state index in [1.165, 1.54) is 5.56 Å². The van der Waals surface area contributed by atoms with E-state index >= 15 is 0 Å². The third-order valence-electron chi connectivity index (χ3n) is 3.76. The van der Waals surface area contributed by atoms with Crippen molar-refractivity contribution in [2.24, 2.45) is 5.92 Å². The Bertz CT molecular complexity index is 490. The summed E-state index contributed by atoms with van der Waals surface area (Å²) in [7, 11) is 0.887. The van der Waals surface area contributed by atoms with Crippen molar-refractivity contribution in [3.63, 3.8) is 0 Å². The molecule has 0 aliphatic carbocycles. The lowest BCUT2D eigenvalue weighted by Gasteiger charge is -2.28. The monoisotopic (exact) mass is 323 g/mol. The summed E-state index contributed by atoms with van der Waals surface area (Å²) >= 11 is 0. The first kappa shape index (κ1) is 19.2. The lowest BCUT2D eigenvalue weighted by Crippen LogP contribution is -2.19. The Morgan fingerprint density at radius 2 is 1.77 bits per heavy atom. The first-order valence-electron chi connectivity index (χ1n) is 7.90. The molecule has 1 rings (SSSR count). The summed E-state index contributed by atoms with van der Waals surface area (Å²) in [6.07, 6.45) is -0.532. The zero-order valence-corrected chi connectivity index (χ0v) is 16.3. The van der Waals surface area contributed by atoms with Crippen molar-refractivity contribution in [1.82, 2.24) is 0 Å². The summed E-state index contributed by atoms with van der Waals surface area (Å²) in [5.41, 5.74) is 3.14. The normalized spacial score (nSPS) is 13.8. The van der Waals surface area contributed by atoms with Gasteiger partial charge in [-0.05, 0) is 30.0 Å². The molecule has 0 saturated carbocycles. The number of methoxy groups -OCH3 is 1. The van der Waals surface area contributed by atoms with Gasteiger partial charge in [0.1, 0.15) is 5.75 Å². The zero-order chi connectivity index (χ0) is 17.1. The number of aliphatic hydroxyl groups excluding tert-OH is 1. The third-order valence-corrected chi connectivity index (χ3v) is 4.48.